The molecule has 1 N–H and O–H groups in total. The molecule has 0 aromatic heterocycles. The lowest BCUT2D eigenvalue weighted by Gasteiger charge is -2.35. The van der Waals surface area contributed by atoms with Crippen molar-refractivity contribution in [3.05, 3.63) is 29.8 Å². The average molecular weight is 275 g/mol. The molecule has 1 saturated heterocycles. The first kappa shape index (κ1) is 14.6. The Morgan fingerprint density at radius 3 is 2.76 bits per heavy atom. The Kier molecular flexibility index (Phi) is 5.57. The molecule has 0 saturated carbocycles. The second-order valence-corrected chi connectivity index (χ2v) is 4.57. The van der Waals surface area contributed by atoms with E-state index in [-0.39, 0.29) is 24.8 Å². The van der Waals surface area contributed by atoms with Gasteiger partial charge in [-0.25, -0.2) is 0 Å². The minimum absolute atomic E-state index is 0. The van der Waals surface area contributed by atoms with Gasteiger partial charge in [0.15, 0.2) is 0 Å². The minimum atomic E-state index is 0. The van der Waals surface area contributed by atoms with Gasteiger partial charge in [0.2, 0.25) is 0 Å². The summed E-state index contributed by atoms with van der Waals surface area (Å²) in [5, 5.41) is 3.46. The summed E-state index contributed by atoms with van der Waals surface area (Å²) in [7, 11) is 0. The van der Waals surface area contributed by atoms with E-state index in [0.29, 0.717) is 0 Å². The van der Waals surface area contributed by atoms with Crippen molar-refractivity contribution in [3.8, 4) is 0 Å². The fourth-order valence-corrected chi connectivity index (χ4v) is 2.85. The summed E-state index contributed by atoms with van der Waals surface area (Å²) in [6.45, 7) is 3.58. The molecule has 4 heteroatoms. The predicted octanol–water partition coefficient (Wildman–Crippen LogP) is 2.64. The SMILES string of the molecule is Cl.Cl.c1ccc2c(c1)CCCN2C1CCNC1. The maximum absolute atomic E-state index is 3.46. The van der Waals surface area contributed by atoms with E-state index < -0.39 is 0 Å². The Labute approximate surface area is 116 Å². The van der Waals surface area contributed by atoms with Gasteiger partial charge in [-0.1, -0.05) is 18.2 Å². The van der Waals surface area contributed by atoms with Gasteiger partial charge in [-0.2, -0.15) is 0 Å². The van der Waals surface area contributed by atoms with Crippen LogP contribution in [0.1, 0.15) is 18.4 Å². The molecule has 1 aromatic carbocycles. The highest BCUT2D eigenvalue weighted by Gasteiger charge is 2.25. The van der Waals surface area contributed by atoms with Crippen LogP contribution in [-0.4, -0.2) is 25.7 Å². The average Bonchev–Trinajstić information content (AvgIpc) is 2.82. The fraction of sp³-hybridized carbons (Fsp3) is 0.538. The zero-order valence-corrected chi connectivity index (χ0v) is 11.5. The molecule has 3 rings (SSSR count). The lowest BCUT2D eigenvalue weighted by molar-refractivity contribution is 0.592. The fourth-order valence-electron chi connectivity index (χ4n) is 2.85. The standard InChI is InChI=1S/C13H18N2.2ClH/c1-2-6-13-11(4-1)5-3-9-15(13)12-7-8-14-10-12;;/h1-2,4,6,12,14H,3,5,7-10H2;2*1H. The summed E-state index contributed by atoms with van der Waals surface area (Å²) < 4.78 is 0. The molecule has 0 aliphatic carbocycles. The van der Waals surface area contributed by atoms with E-state index in [2.05, 4.69) is 34.5 Å². The normalized spacial score (nSPS) is 22.4. The first-order chi connectivity index (χ1) is 7.45. The smallest absolute Gasteiger partial charge is 0.0426 e. The Balaban J connectivity index is 0.000000722. The van der Waals surface area contributed by atoms with E-state index in [1.807, 2.05) is 0 Å². The first-order valence-corrected chi connectivity index (χ1v) is 6.00. The lowest BCUT2D eigenvalue weighted by Crippen LogP contribution is -2.40. The maximum atomic E-state index is 3.46. The third-order valence-corrected chi connectivity index (χ3v) is 3.62. The Hall–Kier alpha value is -0.440. The van der Waals surface area contributed by atoms with E-state index in [0.717, 1.165) is 12.6 Å². The summed E-state index contributed by atoms with van der Waals surface area (Å²) in [6.07, 6.45) is 3.87. The van der Waals surface area contributed by atoms with Crippen LogP contribution < -0.4 is 10.2 Å². The molecule has 1 atom stereocenters. The molecule has 0 spiro atoms. The van der Waals surface area contributed by atoms with Gasteiger partial charge in [-0.15, -0.1) is 24.8 Å². The number of hydrogen-bond acceptors (Lipinski definition) is 2. The van der Waals surface area contributed by atoms with Gasteiger partial charge in [0, 0.05) is 24.8 Å². The van der Waals surface area contributed by atoms with Crippen molar-refractivity contribution in [2.75, 3.05) is 24.5 Å². The Bertz CT molecular complexity index is 351. The van der Waals surface area contributed by atoms with Crippen LogP contribution in [0.2, 0.25) is 0 Å². The number of rotatable bonds is 1. The van der Waals surface area contributed by atoms with Gasteiger partial charge in [0.05, 0.1) is 0 Å². The minimum Gasteiger partial charge on any atom is -0.367 e. The highest BCUT2D eigenvalue weighted by atomic mass is 35.5. The second-order valence-electron chi connectivity index (χ2n) is 4.57. The topological polar surface area (TPSA) is 15.3 Å². The molecule has 2 aliphatic rings. The quantitative estimate of drug-likeness (QED) is 0.847. The largest absolute Gasteiger partial charge is 0.367 e. The number of halogens is 2. The molecular weight excluding hydrogens is 255 g/mol. The summed E-state index contributed by atoms with van der Waals surface area (Å²) in [5.41, 5.74) is 3.02. The van der Waals surface area contributed by atoms with Crippen molar-refractivity contribution < 1.29 is 0 Å². The van der Waals surface area contributed by atoms with Gasteiger partial charge in [0.25, 0.3) is 0 Å². The molecule has 96 valence electrons. The molecular formula is C13H20Cl2N2. The molecule has 1 aromatic rings. The van der Waals surface area contributed by atoms with Crippen molar-refractivity contribution in [1.82, 2.24) is 5.32 Å². The van der Waals surface area contributed by atoms with E-state index in [1.54, 1.807) is 0 Å². The first-order valence-electron chi connectivity index (χ1n) is 6.00. The number of para-hydroxylation sites is 1. The van der Waals surface area contributed by atoms with Crippen LogP contribution in [0.4, 0.5) is 5.69 Å². The summed E-state index contributed by atoms with van der Waals surface area (Å²) in [4.78, 5) is 2.61. The number of anilines is 1. The Morgan fingerprint density at radius 1 is 1.18 bits per heavy atom. The zero-order chi connectivity index (χ0) is 10.1. The van der Waals surface area contributed by atoms with Crippen molar-refractivity contribution in [1.29, 1.82) is 0 Å². The summed E-state index contributed by atoms with van der Waals surface area (Å²) >= 11 is 0. The van der Waals surface area contributed by atoms with Crippen LogP contribution >= 0.6 is 24.8 Å². The Morgan fingerprint density at radius 2 is 2.00 bits per heavy atom. The molecule has 2 nitrogen and oxygen atoms in total. The monoisotopic (exact) mass is 274 g/mol. The number of aryl methyl sites for hydroxylation is 1. The van der Waals surface area contributed by atoms with E-state index >= 15 is 0 Å². The number of hydrogen-bond donors (Lipinski definition) is 1. The molecule has 1 fully saturated rings. The molecule has 0 amide bonds. The highest BCUT2D eigenvalue weighted by Crippen LogP contribution is 2.29. The summed E-state index contributed by atoms with van der Waals surface area (Å²) in [6, 6.07) is 9.62. The maximum Gasteiger partial charge on any atom is 0.0426 e. The number of benzene rings is 1. The van der Waals surface area contributed by atoms with Crippen molar-refractivity contribution in [2.24, 2.45) is 0 Å². The van der Waals surface area contributed by atoms with Gasteiger partial charge < -0.3 is 10.2 Å². The number of nitrogens with one attached hydrogen (secondary N) is 1. The van der Waals surface area contributed by atoms with E-state index in [1.165, 1.54) is 43.6 Å². The van der Waals surface area contributed by atoms with Crippen LogP contribution in [0.15, 0.2) is 24.3 Å². The molecule has 1 unspecified atom stereocenters. The molecule has 17 heavy (non-hydrogen) atoms. The predicted molar refractivity (Wildman–Crippen MR) is 77.9 cm³/mol. The van der Waals surface area contributed by atoms with Crippen LogP contribution in [0.5, 0.6) is 0 Å². The number of fused-ring (bicyclic) bond motifs is 1. The van der Waals surface area contributed by atoms with Crippen LogP contribution in [0, 0.1) is 0 Å². The molecule has 2 heterocycles. The highest BCUT2D eigenvalue weighted by molar-refractivity contribution is 5.85. The van der Waals surface area contributed by atoms with Gasteiger partial charge in [0.1, 0.15) is 0 Å². The molecule has 2 aliphatic heterocycles. The third kappa shape index (κ3) is 2.87. The van der Waals surface area contributed by atoms with Crippen LogP contribution in [0.25, 0.3) is 0 Å². The second kappa shape index (κ2) is 6.48. The van der Waals surface area contributed by atoms with Crippen molar-refractivity contribution in [2.45, 2.75) is 25.3 Å². The third-order valence-electron chi connectivity index (χ3n) is 3.62. The van der Waals surface area contributed by atoms with Gasteiger partial charge in [-0.3, -0.25) is 0 Å². The lowest BCUT2D eigenvalue weighted by atomic mass is 10.00. The van der Waals surface area contributed by atoms with Crippen LogP contribution in [-0.2, 0) is 6.42 Å². The van der Waals surface area contributed by atoms with Gasteiger partial charge >= 0.3 is 0 Å². The van der Waals surface area contributed by atoms with Crippen molar-refractivity contribution in [3.63, 3.8) is 0 Å². The van der Waals surface area contributed by atoms with E-state index in [4.69, 9.17) is 0 Å². The van der Waals surface area contributed by atoms with Crippen LogP contribution in [0.3, 0.4) is 0 Å². The number of nitrogens with zero attached hydrogens (tertiary/aromatic N) is 1. The zero-order valence-electron chi connectivity index (χ0n) is 9.89. The molecule has 0 radical (unpaired) electrons. The van der Waals surface area contributed by atoms with E-state index in [9.17, 15) is 0 Å². The van der Waals surface area contributed by atoms with Gasteiger partial charge in [-0.05, 0) is 37.4 Å². The molecule has 0 bridgehead atoms. The summed E-state index contributed by atoms with van der Waals surface area (Å²) in [5.74, 6) is 0. The van der Waals surface area contributed by atoms with Crippen molar-refractivity contribution >= 4 is 30.5 Å².